The molecule has 0 atom stereocenters. The van der Waals surface area contributed by atoms with Gasteiger partial charge in [-0.1, -0.05) is 36.9 Å². The zero-order chi connectivity index (χ0) is 18.2. The van der Waals surface area contributed by atoms with Crippen molar-refractivity contribution in [1.29, 1.82) is 5.26 Å². The van der Waals surface area contributed by atoms with Crippen LogP contribution < -0.4 is 4.74 Å². The van der Waals surface area contributed by atoms with Crippen LogP contribution in [0, 0.1) is 21.4 Å². The number of carbonyl (C=O) groups excluding carboxylic acids is 1. The Hall–Kier alpha value is -3.72. The Bertz CT molecular complexity index is 894. The number of nitro groups is 1. The lowest BCUT2D eigenvalue weighted by molar-refractivity contribution is -0.384. The van der Waals surface area contributed by atoms with Gasteiger partial charge in [-0.15, -0.1) is 0 Å². The molecule has 0 aromatic heterocycles. The Morgan fingerprint density at radius 3 is 2.72 bits per heavy atom. The normalized spacial score (nSPS) is 10.6. The molecular weight excluding hydrogens is 320 g/mol. The van der Waals surface area contributed by atoms with Crippen molar-refractivity contribution in [2.24, 2.45) is 0 Å². The number of ketones is 1. The summed E-state index contributed by atoms with van der Waals surface area (Å²) < 4.78 is 5.41. The summed E-state index contributed by atoms with van der Waals surface area (Å²) in [5.74, 6) is -0.00245. The number of allylic oxidation sites excluding steroid dienone is 1. The van der Waals surface area contributed by atoms with Gasteiger partial charge in [0.1, 0.15) is 24.0 Å². The summed E-state index contributed by atoms with van der Waals surface area (Å²) in [5.41, 5.74) is 0.363. The zero-order valence-corrected chi connectivity index (χ0v) is 13.2. The van der Waals surface area contributed by atoms with E-state index in [1.807, 2.05) is 6.07 Å². The van der Waals surface area contributed by atoms with Crippen molar-refractivity contribution >= 4 is 17.5 Å². The summed E-state index contributed by atoms with van der Waals surface area (Å²) in [6.07, 6.45) is 3.02. The van der Waals surface area contributed by atoms with Gasteiger partial charge in [0, 0.05) is 17.7 Å². The number of hydrogen-bond donors (Lipinski definition) is 0. The Morgan fingerprint density at radius 1 is 1.28 bits per heavy atom. The molecule has 6 nitrogen and oxygen atoms in total. The van der Waals surface area contributed by atoms with Crippen LogP contribution in [-0.2, 0) is 0 Å². The van der Waals surface area contributed by atoms with Gasteiger partial charge in [-0.05, 0) is 23.8 Å². The van der Waals surface area contributed by atoms with E-state index in [0.717, 1.165) is 6.07 Å². The fraction of sp³-hybridized carbons (Fsp3) is 0.0526. The van der Waals surface area contributed by atoms with E-state index in [1.54, 1.807) is 30.3 Å². The van der Waals surface area contributed by atoms with Crippen LogP contribution in [0.3, 0.4) is 0 Å². The Morgan fingerprint density at radius 2 is 2.04 bits per heavy atom. The third kappa shape index (κ3) is 4.62. The molecule has 0 N–H and O–H groups in total. The van der Waals surface area contributed by atoms with Gasteiger partial charge >= 0.3 is 0 Å². The highest BCUT2D eigenvalue weighted by molar-refractivity contribution is 6.14. The van der Waals surface area contributed by atoms with E-state index in [2.05, 4.69) is 6.58 Å². The predicted octanol–water partition coefficient (Wildman–Crippen LogP) is 3.95. The molecule has 0 aliphatic heterocycles. The minimum Gasteiger partial charge on any atom is -0.490 e. The van der Waals surface area contributed by atoms with Crippen LogP contribution in [0.15, 0.2) is 66.8 Å². The van der Waals surface area contributed by atoms with Crippen molar-refractivity contribution in [2.45, 2.75) is 0 Å². The standard InChI is InChI=1S/C19H14N2O4/c1-2-9-25-18-8-3-5-14(11-18)10-16(13-20)19(22)15-6-4-7-17(12-15)21(23)24/h2-8,10-12H,1,9H2/b16-10+. The third-order valence-electron chi connectivity index (χ3n) is 3.22. The van der Waals surface area contributed by atoms with Gasteiger partial charge in [-0.25, -0.2) is 0 Å². The quantitative estimate of drug-likeness (QED) is 0.191. The maximum atomic E-state index is 12.5. The van der Waals surface area contributed by atoms with E-state index < -0.39 is 10.7 Å². The molecule has 0 saturated carbocycles. The first-order chi connectivity index (χ1) is 12.0. The monoisotopic (exact) mass is 334 g/mol. The molecule has 0 amide bonds. The number of nitriles is 1. The second-order valence-electron chi connectivity index (χ2n) is 4.98. The Balaban J connectivity index is 2.32. The minimum atomic E-state index is -0.590. The lowest BCUT2D eigenvalue weighted by atomic mass is 10.0. The summed E-state index contributed by atoms with van der Waals surface area (Å²) in [6, 6.07) is 14.0. The summed E-state index contributed by atoms with van der Waals surface area (Å²) in [6.45, 7) is 3.90. The van der Waals surface area contributed by atoms with E-state index in [0.29, 0.717) is 17.9 Å². The predicted molar refractivity (Wildman–Crippen MR) is 93.2 cm³/mol. The van der Waals surface area contributed by atoms with E-state index >= 15 is 0 Å². The molecule has 0 aliphatic rings. The molecule has 2 aromatic rings. The van der Waals surface area contributed by atoms with Crippen LogP contribution in [0.1, 0.15) is 15.9 Å². The van der Waals surface area contributed by atoms with Crippen molar-refractivity contribution in [3.05, 3.63) is 88.0 Å². The van der Waals surface area contributed by atoms with Gasteiger partial charge in [0.15, 0.2) is 0 Å². The smallest absolute Gasteiger partial charge is 0.270 e. The molecule has 124 valence electrons. The highest BCUT2D eigenvalue weighted by Crippen LogP contribution is 2.20. The van der Waals surface area contributed by atoms with E-state index in [4.69, 9.17) is 4.74 Å². The second-order valence-corrected chi connectivity index (χ2v) is 4.98. The SMILES string of the molecule is C=CCOc1cccc(/C=C(\C#N)C(=O)c2cccc([N+](=O)[O-])c2)c1. The van der Waals surface area contributed by atoms with Crippen LogP contribution in [0.5, 0.6) is 5.75 Å². The first-order valence-corrected chi connectivity index (χ1v) is 7.30. The van der Waals surface area contributed by atoms with Crippen LogP contribution in [0.25, 0.3) is 6.08 Å². The third-order valence-corrected chi connectivity index (χ3v) is 3.22. The molecule has 0 unspecified atom stereocenters. The maximum Gasteiger partial charge on any atom is 0.270 e. The topological polar surface area (TPSA) is 93.2 Å². The number of benzene rings is 2. The van der Waals surface area contributed by atoms with Crippen LogP contribution in [0.2, 0.25) is 0 Å². The number of non-ortho nitro benzene ring substituents is 1. The Kier molecular flexibility index (Phi) is 5.80. The molecule has 2 aromatic carbocycles. The number of carbonyl (C=O) groups is 1. The van der Waals surface area contributed by atoms with Gasteiger partial charge in [-0.3, -0.25) is 14.9 Å². The molecule has 0 radical (unpaired) electrons. The van der Waals surface area contributed by atoms with Crippen molar-refractivity contribution in [3.63, 3.8) is 0 Å². The van der Waals surface area contributed by atoms with Gasteiger partial charge in [0.25, 0.3) is 5.69 Å². The average Bonchev–Trinajstić information content (AvgIpc) is 2.64. The van der Waals surface area contributed by atoms with Crippen molar-refractivity contribution < 1.29 is 14.5 Å². The zero-order valence-electron chi connectivity index (χ0n) is 13.2. The molecule has 25 heavy (non-hydrogen) atoms. The fourth-order valence-corrected chi connectivity index (χ4v) is 2.08. The number of rotatable bonds is 7. The van der Waals surface area contributed by atoms with Crippen LogP contribution in [0.4, 0.5) is 5.69 Å². The Labute approximate surface area is 144 Å². The van der Waals surface area contributed by atoms with Gasteiger partial charge in [0.2, 0.25) is 5.78 Å². The number of Topliss-reactive ketones (excluding diaryl/α,β-unsaturated/α-hetero) is 1. The summed E-state index contributed by atoms with van der Waals surface area (Å²) in [7, 11) is 0. The largest absolute Gasteiger partial charge is 0.490 e. The van der Waals surface area contributed by atoms with Gasteiger partial charge in [-0.2, -0.15) is 5.26 Å². The molecule has 0 aliphatic carbocycles. The lowest BCUT2D eigenvalue weighted by Gasteiger charge is -2.04. The average molecular weight is 334 g/mol. The molecule has 6 heteroatoms. The van der Waals surface area contributed by atoms with E-state index in [-0.39, 0.29) is 16.8 Å². The van der Waals surface area contributed by atoms with Crippen molar-refractivity contribution in [1.82, 2.24) is 0 Å². The van der Waals surface area contributed by atoms with Crippen molar-refractivity contribution in [2.75, 3.05) is 6.61 Å². The number of ether oxygens (including phenoxy) is 1. The summed E-state index contributed by atoms with van der Waals surface area (Å²) >= 11 is 0. The van der Waals surface area contributed by atoms with Crippen LogP contribution >= 0.6 is 0 Å². The second kappa shape index (κ2) is 8.22. The molecule has 0 heterocycles. The maximum absolute atomic E-state index is 12.5. The van der Waals surface area contributed by atoms with Gasteiger partial charge in [0.05, 0.1) is 4.92 Å². The number of hydrogen-bond acceptors (Lipinski definition) is 5. The highest BCUT2D eigenvalue weighted by atomic mass is 16.6. The number of nitro benzene ring substituents is 1. The van der Waals surface area contributed by atoms with E-state index in [1.165, 1.54) is 24.3 Å². The molecule has 0 spiro atoms. The molecular formula is C19H14N2O4. The minimum absolute atomic E-state index is 0.0843. The van der Waals surface area contributed by atoms with Crippen LogP contribution in [-0.4, -0.2) is 17.3 Å². The van der Waals surface area contributed by atoms with Crippen molar-refractivity contribution in [3.8, 4) is 11.8 Å². The first kappa shape index (κ1) is 17.6. The van der Waals surface area contributed by atoms with Gasteiger partial charge < -0.3 is 4.74 Å². The first-order valence-electron chi connectivity index (χ1n) is 7.30. The highest BCUT2D eigenvalue weighted by Gasteiger charge is 2.15. The molecule has 0 bridgehead atoms. The summed E-state index contributed by atoms with van der Waals surface area (Å²) in [5, 5.41) is 20.1. The number of nitrogens with zero attached hydrogens (tertiary/aromatic N) is 2. The molecule has 0 saturated heterocycles. The molecule has 0 fully saturated rings. The fourth-order valence-electron chi connectivity index (χ4n) is 2.08. The van der Waals surface area contributed by atoms with E-state index in [9.17, 15) is 20.2 Å². The summed E-state index contributed by atoms with van der Waals surface area (Å²) in [4.78, 5) is 22.7. The molecule has 2 rings (SSSR count). The lowest BCUT2D eigenvalue weighted by Crippen LogP contribution is -2.03.